The zero-order valence-corrected chi connectivity index (χ0v) is 11.4. The van der Waals surface area contributed by atoms with Crippen LogP contribution in [-0.2, 0) is 11.2 Å². The van der Waals surface area contributed by atoms with E-state index in [1.54, 1.807) is 4.90 Å². The summed E-state index contributed by atoms with van der Waals surface area (Å²) in [6.07, 6.45) is 1.72. The highest BCUT2D eigenvalue weighted by Gasteiger charge is 2.34. The fourth-order valence-corrected chi connectivity index (χ4v) is 3.32. The topological polar surface area (TPSA) is 20.3 Å². The third-order valence-corrected chi connectivity index (χ3v) is 4.59. The third kappa shape index (κ3) is 2.87. The molecule has 17 heavy (non-hydrogen) atoms. The molecule has 0 aromatic heterocycles. The van der Waals surface area contributed by atoms with E-state index < -0.39 is 0 Å². The summed E-state index contributed by atoms with van der Waals surface area (Å²) < 4.78 is 0.734. The number of amides is 1. The van der Waals surface area contributed by atoms with Crippen LogP contribution in [0.15, 0.2) is 30.3 Å². The Labute approximate surface area is 111 Å². The number of thioether (sulfide) groups is 1. The van der Waals surface area contributed by atoms with Gasteiger partial charge in [0, 0.05) is 6.54 Å². The normalized spacial score (nSPS) is 20.1. The molecule has 1 aliphatic heterocycles. The van der Waals surface area contributed by atoms with Crippen LogP contribution in [0, 0.1) is 0 Å². The Morgan fingerprint density at radius 1 is 1.35 bits per heavy atom. The van der Waals surface area contributed by atoms with Crippen molar-refractivity contribution in [3.8, 4) is 0 Å². The number of nitrogens with zero attached hydrogens (tertiary/aromatic N) is 1. The van der Waals surface area contributed by atoms with Crippen LogP contribution in [0.4, 0.5) is 0 Å². The lowest BCUT2D eigenvalue weighted by atomic mass is 10.1. The number of rotatable bonds is 4. The highest BCUT2D eigenvalue weighted by atomic mass is 32.2. The van der Waals surface area contributed by atoms with Crippen LogP contribution in [0.1, 0.15) is 18.9 Å². The van der Waals surface area contributed by atoms with Gasteiger partial charge >= 0.3 is 0 Å². The van der Waals surface area contributed by atoms with Crippen molar-refractivity contribution in [1.82, 2.24) is 4.90 Å². The van der Waals surface area contributed by atoms with Gasteiger partial charge in [0.15, 0.2) is 0 Å². The van der Waals surface area contributed by atoms with Gasteiger partial charge in [-0.25, -0.2) is 0 Å². The van der Waals surface area contributed by atoms with Crippen molar-refractivity contribution >= 4 is 34.2 Å². The molecule has 0 N–H and O–H groups in total. The molecule has 2 nitrogen and oxygen atoms in total. The van der Waals surface area contributed by atoms with Gasteiger partial charge in [-0.15, -0.1) is 0 Å². The van der Waals surface area contributed by atoms with Crippen LogP contribution >= 0.6 is 24.0 Å². The van der Waals surface area contributed by atoms with Gasteiger partial charge in [0.25, 0.3) is 0 Å². The van der Waals surface area contributed by atoms with Crippen LogP contribution in [-0.4, -0.2) is 26.9 Å². The van der Waals surface area contributed by atoms with Gasteiger partial charge in [0.1, 0.15) is 4.32 Å². The van der Waals surface area contributed by atoms with E-state index in [1.165, 1.54) is 17.3 Å². The second kappa shape index (κ2) is 5.65. The van der Waals surface area contributed by atoms with Crippen molar-refractivity contribution in [2.75, 3.05) is 6.54 Å². The van der Waals surface area contributed by atoms with Crippen molar-refractivity contribution in [2.45, 2.75) is 25.0 Å². The van der Waals surface area contributed by atoms with E-state index in [-0.39, 0.29) is 11.2 Å². The number of hydrogen-bond acceptors (Lipinski definition) is 3. The maximum Gasteiger partial charge on any atom is 0.241 e. The zero-order chi connectivity index (χ0) is 12.3. The van der Waals surface area contributed by atoms with Crippen LogP contribution in [0.5, 0.6) is 0 Å². The molecule has 1 aromatic rings. The number of hydrogen-bond donors (Lipinski definition) is 0. The molecule has 0 aliphatic carbocycles. The smallest absolute Gasteiger partial charge is 0.241 e. The van der Waals surface area contributed by atoms with E-state index >= 15 is 0 Å². The Kier molecular flexibility index (Phi) is 4.18. The molecule has 2 rings (SSSR count). The quantitative estimate of drug-likeness (QED) is 0.781. The van der Waals surface area contributed by atoms with Crippen molar-refractivity contribution in [2.24, 2.45) is 0 Å². The Bertz CT molecular complexity index is 419. The van der Waals surface area contributed by atoms with E-state index in [1.807, 2.05) is 25.1 Å². The fourth-order valence-electron chi connectivity index (χ4n) is 1.84. The number of benzene rings is 1. The first-order valence-electron chi connectivity index (χ1n) is 5.78. The molecule has 1 atom stereocenters. The minimum atomic E-state index is 0.0401. The molecule has 1 saturated heterocycles. The van der Waals surface area contributed by atoms with Gasteiger partial charge in [-0.05, 0) is 18.4 Å². The highest BCUT2D eigenvalue weighted by molar-refractivity contribution is 8.24. The van der Waals surface area contributed by atoms with E-state index in [2.05, 4.69) is 12.1 Å². The molecule has 1 aromatic carbocycles. The summed E-state index contributed by atoms with van der Waals surface area (Å²) in [6, 6.07) is 10.2. The number of carbonyl (C=O) groups is 1. The summed E-state index contributed by atoms with van der Waals surface area (Å²) in [5.41, 5.74) is 1.24. The van der Waals surface area contributed by atoms with Gasteiger partial charge in [-0.2, -0.15) is 0 Å². The second-order valence-electron chi connectivity index (χ2n) is 4.01. The Hall–Kier alpha value is -0.870. The van der Waals surface area contributed by atoms with Crippen LogP contribution in [0.3, 0.4) is 0 Å². The molecule has 1 fully saturated rings. The molecule has 0 saturated carbocycles. The Morgan fingerprint density at radius 2 is 2.06 bits per heavy atom. The molecule has 0 bridgehead atoms. The van der Waals surface area contributed by atoms with Crippen molar-refractivity contribution < 1.29 is 4.79 Å². The molecule has 90 valence electrons. The lowest BCUT2D eigenvalue weighted by Crippen LogP contribution is -2.33. The first-order valence-corrected chi connectivity index (χ1v) is 7.07. The van der Waals surface area contributed by atoms with E-state index in [0.29, 0.717) is 6.54 Å². The lowest BCUT2D eigenvalue weighted by Gasteiger charge is -2.15. The highest BCUT2D eigenvalue weighted by Crippen LogP contribution is 2.29. The summed E-state index contributed by atoms with van der Waals surface area (Å²) in [5.74, 6) is 0.179. The van der Waals surface area contributed by atoms with E-state index in [0.717, 1.165) is 17.2 Å². The number of carbonyl (C=O) groups excluding carboxylic acids is 1. The van der Waals surface area contributed by atoms with Crippen molar-refractivity contribution in [1.29, 1.82) is 0 Å². The molecule has 4 heteroatoms. The summed E-state index contributed by atoms with van der Waals surface area (Å²) in [7, 11) is 0. The molecular weight excluding hydrogens is 250 g/mol. The lowest BCUT2D eigenvalue weighted by molar-refractivity contribution is -0.126. The molecule has 0 radical (unpaired) electrons. The van der Waals surface area contributed by atoms with Gasteiger partial charge in [0.05, 0.1) is 5.25 Å². The standard InChI is InChI=1S/C13H15NOS2/c1-2-11-12(15)14(13(16)17-11)9-8-10-6-4-3-5-7-10/h3-7,11H,2,8-9H2,1H3. The van der Waals surface area contributed by atoms with Gasteiger partial charge in [-0.3, -0.25) is 9.69 Å². The SMILES string of the molecule is CCC1SC(=S)N(CCc2ccccc2)C1=O. The largest absolute Gasteiger partial charge is 0.296 e. The van der Waals surface area contributed by atoms with Crippen LogP contribution < -0.4 is 0 Å². The zero-order valence-electron chi connectivity index (χ0n) is 9.76. The van der Waals surface area contributed by atoms with Crippen molar-refractivity contribution in [3.05, 3.63) is 35.9 Å². The Balaban J connectivity index is 1.96. The van der Waals surface area contributed by atoms with Gasteiger partial charge < -0.3 is 0 Å². The first kappa shape index (κ1) is 12.6. The average molecular weight is 265 g/mol. The number of thiocarbonyl (C=S) groups is 1. The van der Waals surface area contributed by atoms with E-state index in [9.17, 15) is 4.79 Å². The fraction of sp³-hybridized carbons (Fsp3) is 0.385. The third-order valence-electron chi connectivity index (χ3n) is 2.84. The molecular formula is C13H15NOS2. The first-order chi connectivity index (χ1) is 8.22. The minimum Gasteiger partial charge on any atom is -0.296 e. The summed E-state index contributed by atoms with van der Waals surface area (Å²) >= 11 is 6.77. The van der Waals surface area contributed by atoms with E-state index in [4.69, 9.17) is 12.2 Å². The summed E-state index contributed by atoms with van der Waals surface area (Å²) in [6.45, 7) is 2.73. The van der Waals surface area contributed by atoms with Crippen molar-refractivity contribution in [3.63, 3.8) is 0 Å². The van der Waals surface area contributed by atoms with Crippen LogP contribution in [0.25, 0.3) is 0 Å². The molecule has 1 unspecified atom stereocenters. The minimum absolute atomic E-state index is 0.0401. The average Bonchev–Trinajstić information content (AvgIpc) is 2.63. The predicted octanol–water partition coefficient (Wildman–Crippen LogP) is 2.87. The molecule has 1 amide bonds. The Morgan fingerprint density at radius 3 is 2.65 bits per heavy atom. The van der Waals surface area contributed by atoms with Gasteiger partial charge in [0.2, 0.25) is 5.91 Å². The molecule has 1 aliphatic rings. The second-order valence-corrected chi connectivity index (χ2v) is 5.84. The maximum absolute atomic E-state index is 12.0. The monoisotopic (exact) mass is 265 g/mol. The summed E-state index contributed by atoms with van der Waals surface area (Å²) in [4.78, 5) is 13.7. The summed E-state index contributed by atoms with van der Waals surface area (Å²) in [5, 5.41) is 0.0401. The predicted molar refractivity (Wildman–Crippen MR) is 76.1 cm³/mol. The maximum atomic E-state index is 12.0. The van der Waals surface area contributed by atoms with Crippen LogP contribution in [0.2, 0.25) is 0 Å². The van der Waals surface area contributed by atoms with Gasteiger partial charge in [-0.1, -0.05) is 61.2 Å². The molecule has 1 heterocycles. The molecule has 0 spiro atoms.